The Labute approximate surface area is 76.3 Å². The van der Waals surface area contributed by atoms with E-state index in [0.29, 0.717) is 5.69 Å². The summed E-state index contributed by atoms with van der Waals surface area (Å²) in [4.78, 5) is 10.4. The van der Waals surface area contributed by atoms with Crippen molar-refractivity contribution < 1.29 is 4.92 Å². The predicted octanol–water partition coefficient (Wildman–Crippen LogP) is 1.81. The second kappa shape index (κ2) is 2.87. The standard InChI is InChI=1S/C9H12N2O2/c1-10-6-9(11(12)13)7-4-2-3-5-8(7)10/h6H,2-5H2,1H3. The Bertz CT molecular complexity index is 355. The summed E-state index contributed by atoms with van der Waals surface area (Å²) in [5.41, 5.74) is 2.41. The molecule has 1 heterocycles. The number of rotatable bonds is 1. The van der Waals surface area contributed by atoms with Gasteiger partial charge in [-0.3, -0.25) is 10.1 Å². The minimum Gasteiger partial charge on any atom is -0.348 e. The molecule has 0 atom stereocenters. The molecule has 0 N–H and O–H groups in total. The van der Waals surface area contributed by atoms with Crippen LogP contribution in [0.2, 0.25) is 0 Å². The van der Waals surface area contributed by atoms with Crippen molar-refractivity contribution in [3.63, 3.8) is 0 Å². The molecular weight excluding hydrogens is 168 g/mol. The van der Waals surface area contributed by atoms with Crippen molar-refractivity contribution in [2.75, 3.05) is 0 Å². The average molecular weight is 180 g/mol. The molecule has 0 radical (unpaired) electrons. The highest BCUT2D eigenvalue weighted by Gasteiger charge is 2.24. The largest absolute Gasteiger partial charge is 0.348 e. The lowest BCUT2D eigenvalue weighted by atomic mass is 9.97. The highest BCUT2D eigenvalue weighted by molar-refractivity contribution is 5.44. The van der Waals surface area contributed by atoms with Gasteiger partial charge in [0.1, 0.15) is 0 Å². The van der Waals surface area contributed by atoms with E-state index in [1.807, 2.05) is 11.6 Å². The quantitative estimate of drug-likeness (QED) is 0.488. The molecule has 4 heteroatoms. The monoisotopic (exact) mass is 180 g/mol. The molecule has 1 aliphatic carbocycles. The molecule has 0 amide bonds. The Morgan fingerprint density at radius 1 is 1.46 bits per heavy atom. The van der Waals surface area contributed by atoms with Crippen LogP contribution in [0, 0.1) is 10.1 Å². The molecule has 0 saturated heterocycles. The van der Waals surface area contributed by atoms with E-state index in [1.54, 1.807) is 6.20 Å². The summed E-state index contributed by atoms with van der Waals surface area (Å²) in [6, 6.07) is 0. The third kappa shape index (κ3) is 1.22. The van der Waals surface area contributed by atoms with E-state index in [2.05, 4.69) is 0 Å². The zero-order valence-corrected chi connectivity index (χ0v) is 7.62. The molecule has 4 nitrogen and oxygen atoms in total. The first-order valence-corrected chi connectivity index (χ1v) is 4.51. The lowest BCUT2D eigenvalue weighted by molar-refractivity contribution is -0.385. The number of nitrogens with zero attached hydrogens (tertiary/aromatic N) is 2. The van der Waals surface area contributed by atoms with Crippen molar-refractivity contribution >= 4 is 5.69 Å². The molecule has 0 aliphatic heterocycles. The highest BCUT2D eigenvalue weighted by atomic mass is 16.6. The third-order valence-corrected chi connectivity index (χ3v) is 2.69. The van der Waals surface area contributed by atoms with Crippen LogP contribution < -0.4 is 0 Å². The van der Waals surface area contributed by atoms with Gasteiger partial charge in [-0.05, 0) is 25.7 Å². The second-order valence-electron chi connectivity index (χ2n) is 3.51. The minimum absolute atomic E-state index is 0.274. The van der Waals surface area contributed by atoms with Gasteiger partial charge in [-0.15, -0.1) is 0 Å². The second-order valence-corrected chi connectivity index (χ2v) is 3.51. The van der Waals surface area contributed by atoms with Crippen LogP contribution in [0.5, 0.6) is 0 Å². The van der Waals surface area contributed by atoms with E-state index in [1.165, 1.54) is 0 Å². The van der Waals surface area contributed by atoms with Gasteiger partial charge in [-0.25, -0.2) is 0 Å². The molecule has 0 bridgehead atoms. The molecule has 1 aromatic rings. The number of hydrogen-bond acceptors (Lipinski definition) is 2. The summed E-state index contributed by atoms with van der Waals surface area (Å²) < 4.78 is 1.90. The first-order chi connectivity index (χ1) is 6.20. The lowest BCUT2D eigenvalue weighted by Crippen LogP contribution is -2.05. The van der Waals surface area contributed by atoms with Crippen molar-refractivity contribution in [1.29, 1.82) is 0 Å². The average Bonchev–Trinajstić information content (AvgIpc) is 2.45. The van der Waals surface area contributed by atoms with Crippen LogP contribution in [0.25, 0.3) is 0 Å². The molecular formula is C9H12N2O2. The van der Waals surface area contributed by atoms with Gasteiger partial charge in [0, 0.05) is 12.7 Å². The van der Waals surface area contributed by atoms with Crippen LogP contribution >= 0.6 is 0 Å². The minimum atomic E-state index is -0.274. The zero-order valence-electron chi connectivity index (χ0n) is 7.62. The van der Waals surface area contributed by atoms with Crippen LogP contribution in [0.15, 0.2) is 6.20 Å². The summed E-state index contributed by atoms with van der Waals surface area (Å²) >= 11 is 0. The van der Waals surface area contributed by atoms with E-state index >= 15 is 0 Å². The predicted molar refractivity (Wildman–Crippen MR) is 48.7 cm³/mol. The normalized spacial score (nSPS) is 15.5. The van der Waals surface area contributed by atoms with E-state index in [9.17, 15) is 10.1 Å². The molecule has 0 aromatic carbocycles. The topological polar surface area (TPSA) is 48.1 Å². The molecule has 0 spiro atoms. The Hall–Kier alpha value is -1.32. The van der Waals surface area contributed by atoms with Crippen molar-refractivity contribution in [1.82, 2.24) is 4.57 Å². The van der Waals surface area contributed by atoms with Gasteiger partial charge in [0.15, 0.2) is 0 Å². The van der Waals surface area contributed by atoms with Crippen LogP contribution in [-0.4, -0.2) is 9.49 Å². The summed E-state index contributed by atoms with van der Waals surface area (Å²) in [5.74, 6) is 0. The van der Waals surface area contributed by atoms with Crippen LogP contribution in [0.4, 0.5) is 5.69 Å². The SMILES string of the molecule is Cn1cc([N+](=O)[O-])c2c1CCCC2. The van der Waals surface area contributed by atoms with Gasteiger partial charge in [0.05, 0.1) is 16.7 Å². The number of hydrogen-bond donors (Lipinski definition) is 0. The summed E-state index contributed by atoms with van der Waals surface area (Å²) in [7, 11) is 1.89. The summed E-state index contributed by atoms with van der Waals surface area (Å²) in [6.07, 6.45) is 5.72. The van der Waals surface area contributed by atoms with Crippen molar-refractivity contribution in [3.8, 4) is 0 Å². The zero-order chi connectivity index (χ0) is 9.42. The molecule has 1 aliphatic rings. The van der Waals surface area contributed by atoms with Crippen molar-refractivity contribution in [2.24, 2.45) is 7.05 Å². The Balaban J connectivity index is 2.53. The molecule has 0 unspecified atom stereocenters. The first kappa shape index (κ1) is 8.29. The smallest absolute Gasteiger partial charge is 0.290 e. The van der Waals surface area contributed by atoms with Crippen molar-refractivity contribution in [2.45, 2.75) is 25.7 Å². The fourth-order valence-corrected chi connectivity index (χ4v) is 2.05. The van der Waals surface area contributed by atoms with Gasteiger partial charge < -0.3 is 4.57 Å². The maximum atomic E-state index is 10.7. The fourth-order valence-electron chi connectivity index (χ4n) is 2.05. The molecule has 2 rings (SSSR count). The van der Waals surface area contributed by atoms with Crippen LogP contribution in [0.1, 0.15) is 24.1 Å². The number of aryl methyl sites for hydroxylation is 1. The van der Waals surface area contributed by atoms with E-state index < -0.39 is 0 Å². The molecule has 0 fully saturated rings. The Morgan fingerprint density at radius 3 is 2.85 bits per heavy atom. The van der Waals surface area contributed by atoms with E-state index in [-0.39, 0.29) is 4.92 Å². The Kier molecular flexibility index (Phi) is 1.83. The van der Waals surface area contributed by atoms with Gasteiger partial charge in [0.2, 0.25) is 0 Å². The summed E-state index contributed by atoms with van der Waals surface area (Å²) in [6.45, 7) is 0. The van der Waals surface area contributed by atoms with Gasteiger partial charge in [-0.2, -0.15) is 0 Å². The fraction of sp³-hybridized carbons (Fsp3) is 0.556. The number of fused-ring (bicyclic) bond motifs is 1. The molecule has 1 aromatic heterocycles. The van der Waals surface area contributed by atoms with Crippen LogP contribution in [0.3, 0.4) is 0 Å². The summed E-state index contributed by atoms with van der Waals surface area (Å²) in [5, 5.41) is 10.7. The maximum Gasteiger partial charge on any atom is 0.290 e. The van der Waals surface area contributed by atoms with Crippen LogP contribution in [-0.2, 0) is 19.9 Å². The number of aromatic nitrogens is 1. The molecule has 70 valence electrons. The molecule has 13 heavy (non-hydrogen) atoms. The Morgan fingerprint density at radius 2 is 2.15 bits per heavy atom. The van der Waals surface area contributed by atoms with E-state index in [4.69, 9.17) is 0 Å². The first-order valence-electron chi connectivity index (χ1n) is 4.51. The lowest BCUT2D eigenvalue weighted by Gasteiger charge is -2.11. The maximum absolute atomic E-state index is 10.7. The molecule has 0 saturated carbocycles. The van der Waals surface area contributed by atoms with Gasteiger partial charge >= 0.3 is 0 Å². The number of nitro groups is 1. The van der Waals surface area contributed by atoms with Gasteiger partial charge in [0.25, 0.3) is 5.69 Å². The third-order valence-electron chi connectivity index (χ3n) is 2.69. The van der Waals surface area contributed by atoms with Gasteiger partial charge in [-0.1, -0.05) is 0 Å². The van der Waals surface area contributed by atoms with Crippen molar-refractivity contribution in [3.05, 3.63) is 27.6 Å². The van der Waals surface area contributed by atoms with E-state index in [0.717, 1.165) is 36.9 Å². The highest BCUT2D eigenvalue weighted by Crippen LogP contribution is 2.30.